The molecule has 1 aliphatic carbocycles. The van der Waals surface area contributed by atoms with Gasteiger partial charge < -0.3 is 25.4 Å². The number of methoxy groups -OCH3 is 1. The molecular formula is C20H33N3O2. The molecule has 2 fully saturated rings. The Kier molecular flexibility index (Phi) is 6.07. The van der Waals surface area contributed by atoms with Gasteiger partial charge in [-0.25, -0.2) is 0 Å². The van der Waals surface area contributed by atoms with Crippen molar-refractivity contribution in [2.75, 3.05) is 37.0 Å². The molecule has 0 unspecified atom stereocenters. The molecule has 0 aromatic heterocycles. The fraction of sp³-hybridized carbons (Fsp3) is 0.700. The van der Waals surface area contributed by atoms with Gasteiger partial charge in [-0.05, 0) is 57.6 Å². The number of ether oxygens (including phenoxy) is 2. The van der Waals surface area contributed by atoms with Crippen molar-refractivity contribution in [3.63, 3.8) is 0 Å². The molecule has 3 rings (SSSR count). The van der Waals surface area contributed by atoms with Crippen LogP contribution in [0.25, 0.3) is 0 Å². The highest BCUT2D eigenvalue weighted by atomic mass is 16.5. The first-order valence-corrected chi connectivity index (χ1v) is 9.63. The number of nitrogens with one attached hydrogen (secondary N) is 1. The van der Waals surface area contributed by atoms with Crippen LogP contribution in [-0.4, -0.2) is 45.0 Å². The number of nitrogens with zero attached hydrogens (tertiary/aromatic N) is 1. The fourth-order valence-electron chi connectivity index (χ4n) is 4.08. The van der Waals surface area contributed by atoms with Crippen LogP contribution in [0.3, 0.4) is 0 Å². The highest BCUT2D eigenvalue weighted by molar-refractivity contribution is 5.65. The monoisotopic (exact) mass is 347 g/mol. The maximum atomic E-state index is 6.00. The quantitative estimate of drug-likeness (QED) is 0.856. The van der Waals surface area contributed by atoms with Crippen molar-refractivity contribution in [3.8, 4) is 5.75 Å². The second kappa shape index (κ2) is 8.28. The number of rotatable bonds is 5. The summed E-state index contributed by atoms with van der Waals surface area (Å²) < 4.78 is 11.5. The van der Waals surface area contributed by atoms with Gasteiger partial charge in [-0.1, -0.05) is 0 Å². The predicted molar refractivity (Wildman–Crippen MR) is 104 cm³/mol. The summed E-state index contributed by atoms with van der Waals surface area (Å²) in [6, 6.07) is 6.86. The van der Waals surface area contributed by atoms with E-state index in [4.69, 9.17) is 15.2 Å². The molecule has 5 nitrogen and oxygen atoms in total. The van der Waals surface area contributed by atoms with Crippen molar-refractivity contribution in [2.24, 2.45) is 11.7 Å². The third-order valence-electron chi connectivity index (χ3n) is 5.43. The van der Waals surface area contributed by atoms with E-state index in [1.807, 2.05) is 0 Å². The summed E-state index contributed by atoms with van der Waals surface area (Å²) in [7, 11) is 1.75. The number of nitrogens with two attached hydrogens (primary N) is 1. The van der Waals surface area contributed by atoms with Gasteiger partial charge >= 0.3 is 0 Å². The largest absolute Gasteiger partial charge is 0.495 e. The van der Waals surface area contributed by atoms with E-state index < -0.39 is 0 Å². The average Bonchev–Trinajstić information content (AvgIpc) is 2.60. The Morgan fingerprint density at radius 1 is 1.16 bits per heavy atom. The molecule has 2 aliphatic rings. The number of benzene rings is 1. The Hall–Kier alpha value is -1.46. The first-order chi connectivity index (χ1) is 12.0. The van der Waals surface area contributed by atoms with Crippen LogP contribution in [0.2, 0.25) is 0 Å². The van der Waals surface area contributed by atoms with Crippen LogP contribution in [-0.2, 0) is 4.74 Å². The second-order valence-electron chi connectivity index (χ2n) is 7.71. The summed E-state index contributed by atoms with van der Waals surface area (Å²) in [5, 5.41) is 3.59. The zero-order valence-corrected chi connectivity index (χ0v) is 15.8. The van der Waals surface area contributed by atoms with E-state index in [2.05, 4.69) is 42.3 Å². The lowest BCUT2D eigenvalue weighted by atomic mass is 9.86. The Morgan fingerprint density at radius 3 is 2.48 bits per heavy atom. The first-order valence-electron chi connectivity index (χ1n) is 9.63. The number of anilines is 2. The summed E-state index contributed by atoms with van der Waals surface area (Å²) in [6.07, 6.45) is 5.25. The minimum Gasteiger partial charge on any atom is -0.495 e. The maximum absolute atomic E-state index is 6.00. The van der Waals surface area contributed by atoms with Crippen molar-refractivity contribution >= 4 is 11.4 Å². The summed E-state index contributed by atoms with van der Waals surface area (Å²) in [5.74, 6) is 1.66. The third-order valence-corrected chi connectivity index (χ3v) is 5.43. The minimum atomic E-state index is 0.240. The molecule has 2 atom stereocenters. The molecule has 1 aromatic carbocycles. The molecule has 0 bridgehead atoms. The number of morpholine rings is 1. The van der Waals surface area contributed by atoms with Crippen LogP contribution < -0.4 is 20.7 Å². The smallest absolute Gasteiger partial charge is 0.144 e. The van der Waals surface area contributed by atoms with Gasteiger partial charge in [0.05, 0.1) is 25.0 Å². The van der Waals surface area contributed by atoms with Gasteiger partial charge in [-0.15, -0.1) is 0 Å². The van der Waals surface area contributed by atoms with Crippen LogP contribution in [0, 0.1) is 5.92 Å². The summed E-state index contributed by atoms with van der Waals surface area (Å²) in [5.41, 5.74) is 8.28. The molecule has 0 radical (unpaired) electrons. The molecule has 25 heavy (non-hydrogen) atoms. The van der Waals surface area contributed by atoms with Crippen LogP contribution in [0.1, 0.15) is 39.5 Å². The molecule has 1 heterocycles. The SMILES string of the molecule is COc1cc(NC[C@H]2CC[C@H](N)CC2)ccc1N1C[C@@H](C)O[C@H](C)C1. The molecule has 5 heteroatoms. The lowest BCUT2D eigenvalue weighted by Crippen LogP contribution is -2.45. The van der Waals surface area contributed by atoms with E-state index in [-0.39, 0.29) is 12.2 Å². The van der Waals surface area contributed by atoms with E-state index in [0.717, 1.165) is 55.5 Å². The number of hydrogen-bond acceptors (Lipinski definition) is 5. The molecule has 1 aliphatic heterocycles. The molecule has 1 saturated carbocycles. The summed E-state index contributed by atoms with van der Waals surface area (Å²) in [4.78, 5) is 2.37. The van der Waals surface area contributed by atoms with E-state index in [0.29, 0.717) is 6.04 Å². The second-order valence-corrected chi connectivity index (χ2v) is 7.71. The lowest BCUT2D eigenvalue weighted by Gasteiger charge is -2.37. The van der Waals surface area contributed by atoms with Crippen molar-refractivity contribution in [1.82, 2.24) is 0 Å². The van der Waals surface area contributed by atoms with Gasteiger partial charge in [0.25, 0.3) is 0 Å². The Morgan fingerprint density at radius 2 is 1.84 bits per heavy atom. The standard InChI is InChI=1S/C20H33N3O2/c1-14-12-23(13-15(2)25-14)19-9-8-18(10-20(19)24-3)22-11-16-4-6-17(21)7-5-16/h8-10,14-17,22H,4-7,11-13,21H2,1-3H3/t14-,15-,16-,17-/m1/s1. The molecule has 140 valence electrons. The van der Waals surface area contributed by atoms with Crippen molar-refractivity contribution in [3.05, 3.63) is 18.2 Å². The van der Waals surface area contributed by atoms with E-state index >= 15 is 0 Å². The first kappa shape index (κ1) is 18.3. The van der Waals surface area contributed by atoms with Gasteiger partial charge in [-0.3, -0.25) is 0 Å². The van der Waals surface area contributed by atoms with Gasteiger partial charge in [-0.2, -0.15) is 0 Å². The van der Waals surface area contributed by atoms with Crippen LogP contribution in [0.5, 0.6) is 5.75 Å². The van der Waals surface area contributed by atoms with Crippen LogP contribution in [0.15, 0.2) is 18.2 Å². The van der Waals surface area contributed by atoms with Crippen LogP contribution in [0.4, 0.5) is 11.4 Å². The van der Waals surface area contributed by atoms with Crippen LogP contribution >= 0.6 is 0 Å². The van der Waals surface area contributed by atoms with Gasteiger partial charge in [0, 0.05) is 37.4 Å². The zero-order chi connectivity index (χ0) is 17.8. The summed E-state index contributed by atoms with van der Waals surface area (Å²) in [6.45, 7) is 7.06. The van der Waals surface area contributed by atoms with E-state index in [9.17, 15) is 0 Å². The normalized spacial score (nSPS) is 30.2. The summed E-state index contributed by atoms with van der Waals surface area (Å²) >= 11 is 0. The highest BCUT2D eigenvalue weighted by Gasteiger charge is 2.24. The number of hydrogen-bond donors (Lipinski definition) is 2. The van der Waals surface area contributed by atoms with Crippen molar-refractivity contribution in [1.29, 1.82) is 0 Å². The zero-order valence-electron chi connectivity index (χ0n) is 15.8. The van der Waals surface area contributed by atoms with E-state index in [1.54, 1.807) is 7.11 Å². The minimum absolute atomic E-state index is 0.240. The van der Waals surface area contributed by atoms with Gasteiger partial charge in [0.1, 0.15) is 5.75 Å². The maximum Gasteiger partial charge on any atom is 0.144 e. The molecule has 1 saturated heterocycles. The highest BCUT2D eigenvalue weighted by Crippen LogP contribution is 2.33. The van der Waals surface area contributed by atoms with Crippen molar-refractivity contribution in [2.45, 2.75) is 57.8 Å². The predicted octanol–water partition coefficient (Wildman–Crippen LogP) is 3.24. The topological polar surface area (TPSA) is 59.8 Å². The van der Waals surface area contributed by atoms with Gasteiger partial charge in [0.2, 0.25) is 0 Å². The van der Waals surface area contributed by atoms with Gasteiger partial charge in [0.15, 0.2) is 0 Å². The molecule has 1 aromatic rings. The van der Waals surface area contributed by atoms with Crippen molar-refractivity contribution < 1.29 is 9.47 Å². The Balaban J connectivity index is 1.63. The lowest BCUT2D eigenvalue weighted by molar-refractivity contribution is -0.00532. The Labute approximate surface area is 151 Å². The fourth-order valence-corrected chi connectivity index (χ4v) is 4.08. The molecular weight excluding hydrogens is 314 g/mol. The molecule has 0 spiro atoms. The average molecular weight is 348 g/mol. The third kappa shape index (κ3) is 4.79. The molecule has 3 N–H and O–H groups in total. The molecule has 0 amide bonds. The Bertz CT molecular complexity index is 548. The van der Waals surface area contributed by atoms with E-state index in [1.165, 1.54) is 12.8 Å².